The number of hydrogen-bond donors (Lipinski definition) is 1. The van der Waals surface area contributed by atoms with E-state index in [1.165, 1.54) is 0 Å². The van der Waals surface area contributed by atoms with Crippen molar-refractivity contribution in [3.8, 4) is 0 Å². The van der Waals surface area contributed by atoms with Gasteiger partial charge in [-0.15, -0.1) is 0 Å². The lowest BCUT2D eigenvalue weighted by Crippen LogP contribution is -2.31. The Morgan fingerprint density at radius 3 is 2.42 bits per heavy atom. The molecule has 0 heterocycles. The van der Waals surface area contributed by atoms with E-state index < -0.39 is 0 Å². The van der Waals surface area contributed by atoms with Gasteiger partial charge in [-0.2, -0.15) is 0 Å². The number of amides is 1. The number of nitrogens with zero attached hydrogens (tertiary/aromatic N) is 1. The number of nitrogens with one attached hydrogen (secondary N) is 1. The van der Waals surface area contributed by atoms with Crippen molar-refractivity contribution in [3.63, 3.8) is 0 Å². The molecule has 0 rings (SSSR count). The molecule has 0 atom stereocenters. The maximum atomic E-state index is 11.4. The van der Waals surface area contributed by atoms with Crippen molar-refractivity contribution in [2.24, 2.45) is 0 Å². The fraction of sp³-hybridized carbons (Fsp3) is 0.667. The van der Waals surface area contributed by atoms with Crippen LogP contribution in [0.25, 0.3) is 0 Å². The Morgan fingerprint density at radius 2 is 2.08 bits per heavy atom. The van der Waals surface area contributed by atoms with Gasteiger partial charge >= 0.3 is 0 Å². The molecule has 0 aromatic carbocycles. The van der Waals surface area contributed by atoms with E-state index >= 15 is 0 Å². The highest BCUT2D eigenvalue weighted by Gasteiger charge is 2.07. The van der Waals surface area contributed by atoms with Gasteiger partial charge in [0.15, 0.2) is 0 Å². The first kappa shape index (κ1) is 11.0. The number of likely N-dealkylation sites (N-methyl/N-ethyl adjacent to an activating group) is 1. The molecule has 0 saturated carbocycles. The minimum atomic E-state index is 0.00403. The van der Waals surface area contributed by atoms with Gasteiger partial charge in [0.1, 0.15) is 0 Å². The third-order valence-electron chi connectivity index (χ3n) is 1.52. The highest BCUT2D eigenvalue weighted by atomic mass is 16.2. The standard InChI is InChI=1S/C9H18N2O/c1-5-7-10-9(12)8(6-2)11(3)4/h6H,5,7H2,1-4H3,(H,10,12). The van der Waals surface area contributed by atoms with Gasteiger partial charge in [0.05, 0.1) is 5.70 Å². The van der Waals surface area contributed by atoms with Crippen molar-refractivity contribution in [2.45, 2.75) is 20.3 Å². The lowest BCUT2D eigenvalue weighted by molar-refractivity contribution is -0.118. The summed E-state index contributed by atoms with van der Waals surface area (Å²) in [6.07, 6.45) is 2.78. The Labute approximate surface area is 74.4 Å². The van der Waals surface area contributed by atoms with Crippen molar-refractivity contribution in [1.29, 1.82) is 0 Å². The highest BCUT2D eigenvalue weighted by Crippen LogP contribution is 1.97. The van der Waals surface area contributed by atoms with Crippen LogP contribution in [0.5, 0.6) is 0 Å². The molecule has 3 nitrogen and oxygen atoms in total. The number of rotatable bonds is 4. The quantitative estimate of drug-likeness (QED) is 0.638. The van der Waals surface area contributed by atoms with Gasteiger partial charge < -0.3 is 10.2 Å². The van der Waals surface area contributed by atoms with Crippen LogP contribution < -0.4 is 5.32 Å². The monoisotopic (exact) mass is 170 g/mol. The molecule has 0 aliphatic carbocycles. The molecule has 0 aliphatic rings. The average Bonchev–Trinajstić information content (AvgIpc) is 2.01. The van der Waals surface area contributed by atoms with Crippen LogP contribution in [0.1, 0.15) is 20.3 Å². The number of carbonyl (C=O) groups is 1. The molecular weight excluding hydrogens is 152 g/mol. The normalized spacial score (nSPS) is 11.2. The topological polar surface area (TPSA) is 32.3 Å². The average molecular weight is 170 g/mol. The molecule has 0 saturated heterocycles. The molecule has 70 valence electrons. The Kier molecular flexibility index (Phi) is 5.17. The van der Waals surface area contributed by atoms with Crippen molar-refractivity contribution < 1.29 is 4.79 Å². The van der Waals surface area contributed by atoms with Crippen LogP contribution in [-0.2, 0) is 4.79 Å². The smallest absolute Gasteiger partial charge is 0.267 e. The molecule has 0 aromatic rings. The van der Waals surface area contributed by atoms with Crippen LogP contribution in [0.4, 0.5) is 0 Å². The Hall–Kier alpha value is -0.990. The lowest BCUT2D eigenvalue weighted by Gasteiger charge is -2.15. The molecule has 0 unspecified atom stereocenters. The zero-order valence-electron chi connectivity index (χ0n) is 8.35. The van der Waals surface area contributed by atoms with Gasteiger partial charge in [0.2, 0.25) is 0 Å². The summed E-state index contributed by atoms with van der Waals surface area (Å²) in [5.41, 5.74) is 0.712. The van der Waals surface area contributed by atoms with Crippen LogP contribution in [0.2, 0.25) is 0 Å². The van der Waals surface area contributed by atoms with E-state index in [1.54, 1.807) is 0 Å². The number of hydrogen-bond acceptors (Lipinski definition) is 2. The summed E-state index contributed by atoms with van der Waals surface area (Å²) in [6.45, 7) is 4.64. The second-order valence-corrected chi connectivity index (χ2v) is 2.82. The lowest BCUT2D eigenvalue weighted by atomic mass is 10.3. The van der Waals surface area contributed by atoms with E-state index in [4.69, 9.17) is 0 Å². The summed E-state index contributed by atoms with van der Waals surface area (Å²) in [5.74, 6) is 0.00403. The van der Waals surface area contributed by atoms with Crippen molar-refractivity contribution in [3.05, 3.63) is 11.8 Å². The van der Waals surface area contributed by atoms with E-state index in [1.807, 2.05) is 38.9 Å². The van der Waals surface area contributed by atoms with Crippen molar-refractivity contribution >= 4 is 5.91 Å². The summed E-state index contributed by atoms with van der Waals surface area (Å²) in [7, 11) is 3.72. The van der Waals surface area contributed by atoms with E-state index in [0.29, 0.717) is 5.70 Å². The summed E-state index contributed by atoms with van der Waals surface area (Å²) in [5, 5.41) is 2.82. The van der Waals surface area contributed by atoms with Gasteiger partial charge in [-0.05, 0) is 13.3 Å². The first-order valence-corrected chi connectivity index (χ1v) is 4.25. The zero-order valence-corrected chi connectivity index (χ0v) is 8.35. The SMILES string of the molecule is CC=C(C(=O)NCCC)N(C)C. The molecule has 0 aliphatic heterocycles. The Balaban J connectivity index is 4.06. The van der Waals surface area contributed by atoms with Gasteiger partial charge in [-0.3, -0.25) is 4.79 Å². The molecule has 0 bridgehead atoms. The van der Waals surface area contributed by atoms with Gasteiger partial charge in [0, 0.05) is 20.6 Å². The molecule has 1 N–H and O–H groups in total. The van der Waals surface area contributed by atoms with Crippen LogP contribution >= 0.6 is 0 Å². The van der Waals surface area contributed by atoms with Crippen LogP contribution in [0.3, 0.4) is 0 Å². The number of carbonyl (C=O) groups excluding carboxylic acids is 1. The first-order valence-electron chi connectivity index (χ1n) is 4.25. The number of allylic oxidation sites excluding steroid dienone is 1. The fourth-order valence-electron chi connectivity index (χ4n) is 0.921. The summed E-state index contributed by atoms with van der Waals surface area (Å²) < 4.78 is 0. The van der Waals surface area contributed by atoms with Gasteiger partial charge in [-0.1, -0.05) is 13.0 Å². The summed E-state index contributed by atoms with van der Waals surface area (Å²) >= 11 is 0. The van der Waals surface area contributed by atoms with E-state index in [-0.39, 0.29) is 5.91 Å². The maximum Gasteiger partial charge on any atom is 0.267 e. The predicted octanol–water partition coefficient (Wildman–Crippen LogP) is 0.978. The van der Waals surface area contributed by atoms with E-state index in [9.17, 15) is 4.79 Å². The van der Waals surface area contributed by atoms with Crippen LogP contribution in [0.15, 0.2) is 11.8 Å². The minimum absolute atomic E-state index is 0.00403. The molecule has 12 heavy (non-hydrogen) atoms. The Bertz CT molecular complexity index is 173. The Morgan fingerprint density at radius 1 is 1.50 bits per heavy atom. The van der Waals surface area contributed by atoms with E-state index in [0.717, 1.165) is 13.0 Å². The van der Waals surface area contributed by atoms with Gasteiger partial charge in [-0.25, -0.2) is 0 Å². The molecule has 1 amide bonds. The first-order chi connectivity index (χ1) is 5.63. The maximum absolute atomic E-state index is 11.4. The molecular formula is C9H18N2O. The van der Waals surface area contributed by atoms with Crippen molar-refractivity contribution in [2.75, 3.05) is 20.6 Å². The fourth-order valence-corrected chi connectivity index (χ4v) is 0.921. The van der Waals surface area contributed by atoms with Crippen molar-refractivity contribution in [1.82, 2.24) is 10.2 Å². The van der Waals surface area contributed by atoms with E-state index in [2.05, 4.69) is 5.32 Å². The van der Waals surface area contributed by atoms with Gasteiger partial charge in [0.25, 0.3) is 5.91 Å². The largest absolute Gasteiger partial charge is 0.373 e. The zero-order chi connectivity index (χ0) is 9.56. The minimum Gasteiger partial charge on any atom is -0.373 e. The predicted molar refractivity (Wildman–Crippen MR) is 50.7 cm³/mol. The second kappa shape index (κ2) is 5.63. The highest BCUT2D eigenvalue weighted by molar-refractivity contribution is 5.92. The molecule has 0 spiro atoms. The summed E-state index contributed by atoms with van der Waals surface area (Å²) in [6, 6.07) is 0. The van der Waals surface area contributed by atoms with Crippen LogP contribution in [-0.4, -0.2) is 31.4 Å². The van der Waals surface area contributed by atoms with Crippen LogP contribution in [0, 0.1) is 0 Å². The molecule has 0 radical (unpaired) electrons. The second-order valence-electron chi connectivity index (χ2n) is 2.82. The third-order valence-corrected chi connectivity index (χ3v) is 1.52. The third kappa shape index (κ3) is 3.42. The molecule has 3 heteroatoms. The molecule has 0 aromatic heterocycles. The summed E-state index contributed by atoms with van der Waals surface area (Å²) in [4.78, 5) is 13.2. The molecule has 0 fully saturated rings.